The van der Waals surface area contributed by atoms with E-state index >= 15 is 0 Å². The van der Waals surface area contributed by atoms with Crippen molar-refractivity contribution in [2.75, 3.05) is 13.7 Å². The summed E-state index contributed by atoms with van der Waals surface area (Å²) in [6.07, 6.45) is 2.81. The zero-order valence-electron chi connectivity index (χ0n) is 10.8. The lowest BCUT2D eigenvalue weighted by atomic mass is 10.1. The second-order valence-electron chi connectivity index (χ2n) is 4.39. The Bertz CT molecular complexity index is 490. The Labute approximate surface area is 107 Å². The van der Waals surface area contributed by atoms with Crippen LogP contribution in [0.5, 0.6) is 5.75 Å². The Kier molecular flexibility index (Phi) is 3.99. The first-order chi connectivity index (χ1) is 8.74. The van der Waals surface area contributed by atoms with Gasteiger partial charge in [0.15, 0.2) is 0 Å². The van der Waals surface area contributed by atoms with Crippen molar-refractivity contribution in [2.45, 2.75) is 19.3 Å². The van der Waals surface area contributed by atoms with Gasteiger partial charge >= 0.3 is 0 Å². The van der Waals surface area contributed by atoms with Crippen LogP contribution in [0, 0.1) is 0 Å². The zero-order chi connectivity index (χ0) is 13.0. The van der Waals surface area contributed by atoms with Crippen molar-refractivity contribution in [2.24, 2.45) is 5.73 Å². The quantitative estimate of drug-likeness (QED) is 0.850. The number of H-pyrrole nitrogens is 1. The molecule has 96 valence electrons. The van der Waals surface area contributed by atoms with Crippen molar-refractivity contribution < 1.29 is 4.74 Å². The van der Waals surface area contributed by atoms with Gasteiger partial charge in [-0.15, -0.1) is 0 Å². The van der Waals surface area contributed by atoms with Gasteiger partial charge in [0.2, 0.25) is 0 Å². The van der Waals surface area contributed by atoms with Crippen LogP contribution in [0.25, 0.3) is 11.3 Å². The molecule has 2 rings (SSSR count). The van der Waals surface area contributed by atoms with Gasteiger partial charge in [0.05, 0.1) is 19.0 Å². The molecule has 4 heteroatoms. The highest BCUT2D eigenvalue weighted by atomic mass is 16.5. The highest BCUT2D eigenvalue weighted by molar-refractivity contribution is 5.59. The van der Waals surface area contributed by atoms with Gasteiger partial charge in [0, 0.05) is 5.92 Å². The number of nitrogens with two attached hydrogens (primary N) is 1. The van der Waals surface area contributed by atoms with E-state index in [0.29, 0.717) is 12.5 Å². The van der Waals surface area contributed by atoms with E-state index in [1.54, 1.807) is 7.11 Å². The van der Waals surface area contributed by atoms with Crippen LogP contribution >= 0.6 is 0 Å². The average Bonchev–Trinajstić information content (AvgIpc) is 2.89. The fourth-order valence-corrected chi connectivity index (χ4v) is 1.89. The number of imidazole rings is 1. The first-order valence-electron chi connectivity index (χ1n) is 6.14. The fourth-order valence-electron chi connectivity index (χ4n) is 1.89. The van der Waals surface area contributed by atoms with Gasteiger partial charge in [-0.05, 0) is 42.8 Å². The molecule has 0 aliphatic heterocycles. The summed E-state index contributed by atoms with van der Waals surface area (Å²) in [7, 11) is 1.66. The molecule has 1 aromatic heterocycles. The van der Waals surface area contributed by atoms with Gasteiger partial charge in [-0.25, -0.2) is 4.98 Å². The van der Waals surface area contributed by atoms with Gasteiger partial charge in [-0.3, -0.25) is 0 Å². The lowest BCUT2D eigenvalue weighted by molar-refractivity contribution is 0.415. The Morgan fingerprint density at radius 1 is 1.33 bits per heavy atom. The number of benzene rings is 1. The SMILES string of the molecule is COc1ccc(-c2cnc(C(C)CCN)[nH]2)cc1. The second-order valence-corrected chi connectivity index (χ2v) is 4.39. The molecule has 0 aliphatic carbocycles. The molecule has 0 radical (unpaired) electrons. The molecule has 3 N–H and O–H groups in total. The van der Waals surface area contributed by atoms with E-state index in [1.807, 2.05) is 30.5 Å². The highest BCUT2D eigenvalue weighted by Crippen LogP contribution is 2.23. The standard InChI is InChI=1S/C14H19N3O/c1-10(7-8-15)14-16-9-13(17-14)11-3-5-12(18-2)6-4-11/h3-6,9-10H,7-8,15H2,1-2H3,(H,16,17). The van der Waals surface area contributed by atoms with Crippen LogP contribution in [0.2, 0.25) is 0 Å². The predicted octanol–water partition coefficient (Wildman–Crippen LogP) is 2.54. The van der Waals surface area contributed by atoms with Crippen LogP contribution in [-0.4, -0.2) is 23.6 Å². The summed E-state index contributed by atoms with van der Waals surface area (Å²) < 4.78 is 5.14. The summed E-state index contributed by atoms with van der Waals surface area (Å²) in [6, 6.07) is 7.92. The molecule has 18 heavy (non-hydrogen) atoms. The Balaban J connectivity index is 2.18. The maximum atomic E-state index is 5.56. The normalized spacial score (nSPS) is 12.4. The molecule has 0 saturated carbocycles. The molecule has 0 spiro atoms. The van der Waals surface area contributed by atoms with Crippen LogP contribution < -0.4 is 10.5 Å². The van der Waals surface area contributed by atoms with E-state index in [2.05, 4.69) is 16.9 Å². The van der Waals surface area contributed by atoms with Crippen LogP contribution in [-0.2, 0) is 0 Å². The fraction of sp³-hybridized carbons (Fsp3) is 0.357. The van der Waals surface area contributed by atoms with E-state index in [9.17, 15) is 0 Å². The summed E-state index contributed by atoms with van der Waals surface area (Å²) in [6.45, 7) is 2.81. The minimum atomic E-state index is 0.363. The lowest BCUT2D eigenvalue weighted by Gasteiger charge is -2.05. The number of hydrogen-bond donors (Lipinski definition) is 2. The molecule has 1 atom stereocenters. The van der Waals surface area contributed by atoms with Crippen LogP contribution in [0.4, 0.5) is 0 Å². The number of rotatable bonds is 5. The van der Waals surface area contributed by atoms with Crippen molar-refractivity contribution in [3.05, 3.63) is 36.3 Å². The number of aromatic nitrogens is 2. The smallest absolute Gasteiger partial charge is 0.118 e. The van der Waals surface area contributed by atoms with Gasteiger partial charge < -0.3 is 15.5 Å². The summed E-state index contributed by atoms with van der Waals surface area (Å²) in [5.41, 5.74) is 7.69. The highest BCUT2D eigenvalue weighted by Gasteiger charge is 2.09. The molecule has 0 amide bonds. The van der Waals surface area contributed by atoms with Crippen molar-refractivity contribution in [3.63, 3.8) is 0 Å². The van der Waals surface area contributed by atoms with Crippen molar-refractivity contribution >= 4 is 0 Å². The maximum Gasteiger partial charge on any atom is 0.118 e. The number of methoxy groups -OCH3 is 1. The average molecular weight is 245 g/mol. The van der Waals surface area contributed by atoms with Crippen molar-refractivity contribution in [1.29, 1.82) is 0 Å². The van der Waals surface area contributed by atoms with E-state index in [1.165, 1.54) is 0 Å². The first-order valence-corrected chi connectivity index (χ1v) is 6.14. The Morgan fingerprint density at radius 2 is 2.06 bits per heavy atom. The third kappa shape index (κ3) is 2.71. The van der Waals surface area contributed by atoms with E-state index in [4.69, 9.17) is 10.5 Å². The number of nitrogens with zero attached hydrogens (tertiary/aromatic N) is 1. The molecular weight excluding hydrogens is 226 g/mol. The molecular formula is C14H19N3O. The van der Waals surface area contributed by atoms with Gasteiger partial charge in [-0.2, -0.15) is 0 Å². The van der Waals surface area contributed by atoms with Crippen molar-refractivity contribution in [3.8, 4) is 17.0 Å². The van der Waals surface area contributed by atoms with Crippen molar-refractivity contribution in [1.82, 2.24) is 9.97 Å². The summed E-state index contributed by atoms with van der Waals surface area (Å²) in [5, 5.41) is 0. The van der Waals surface area contributed by atoms with Crippen LogP contribution in [0.1, 0.15) is 25.1 Å². The summed E-state index contributed by atoms with van der Waals surface area (Å²) in [4.78, 5) is 7.76. The molecule has 0 fully saturated rings. The second kappa shape index (κ2) is 5.69. The summed E-state index contributed by atoms with van der Waals surface area (Å²) >= 11 is 0. The molecule has 0 saturated heterocycles. The Morgan fingerprint density at radius 3 is 2.67 bits per heavy atom. The lowest BCUT2D eigenvalue weighted by Crippen LogP contribution is -2.05. The molecule has 0 bridgehead atoms. The topological polar surface area (TPSA) is 63.9 Å². The van der Waals surface area contributed by atoms with Crippen LogP contribution in [0.3, 0.4) is 0 Å². The number of aromatic amines is 1. The minimum absolute atomic E-state index is 0.363. The largest absolute Gasteiger partial charge is 0.497 e. The molecule has 1 unspecified atom stereocenters. The maximum absolute atomic E-state index is 5.56. The molecule has 1 aromatic carbocycles. The zero-order valence-corrected chi connectivity index (χ0v) is 10.8. The van der Waals surface area contributed by atoms with E-state index < -0.39 is 0 Å². The van der Waals surface area contributed by atoms with Gasteiger partial charge in [0.1, 0.15) is 11.6 Å². The molecule has 2 aromatic rings. The van der Waals surface area contributed by atoms with E-state index in [-0.39, 0.29) is 0 Å². The third-order valence-electron chi connectivity index (χ3n) is 3.06. The van der Waals surface area contributed by atoms with Gasteiger partial charge in [0.25, 0.3) is 0 Å². The first kappa shape index (κ1) is 12.6. The monoisotopic (exact) mass is 245 g/mol. The summed E-state index contributed by atoms with van der Waals surface area (Å²) in [5.74, 6) is 2.21. The molecule has 4 nitrogen and oxygen atoms in total. The molecule has 1 heterocycles. The third-order valence-corrected chi connectivity index (χ3v) is 3.06. The number of ether oxygens (including phenoxy) is 1. The van der Waals surface area contributed by atoms with Gasteiger partial charge in [-0.1, -0.05) is 6.92 Å². The molecule has 0 aliphatic rings. The Hall–Kier alpha value is -1.81. The number of hydrogen-bond acceptors (Lipinski definition) is 3. The number of nitrogens with one attached hydrogen (secondary N) is 1. The van der Waals surface area contributed by atoms with Crippen LogP contribution in [0.15, 0.2) is 30.5 Å². The predicted molar refractivity (Wildman–Crippen MR) is 72.7 cm³/mol. The minimum Gasteiger partial charge on any atom is -0.497 e. The van der Waals surface area contributed by atoms with E-state index in [0.717, 1.165) is 29.3 Å².